The second-order valence-corrected chi connectivity index (χ2v) is 11.0. The topological polar surface area (TPSA) is 44.8 Å². The summed E-state index contributed by atoms with van der Waals surface area (Å²) in [5.41, 5.74) is 0.511. The third kappa shape index (κ3) is 11.5. The summed E-state index contributed by atoms with van der Waals surface area (Å²) in [6.07, 6.45) is 19.5. The van der Waals surface area contributed by atoms with Crippen LogP contribution in [0, 0.1) is 11.8 Å². The minimum absolute atomic E-state index is 0.369. The number of benzene rings is 2. The molecule has 0 aromatic heterocycles. The van der Waals surface area contributed by atoms with Crippen LogP contribution in [-0.4, -0.2) is 19.2 Å². The Kier molecular flexibility index (Phi) is 14.2. The van der Waals surface area contributed by atoms with E-state index in [2.05, 4.69) is 13.8 Å². The van der Waals surface area contributed by atoms with Crippen LogP contribution in [0.5, 0.6) is 17.2 Å². The summed E-state index contributed by atoms with van der Waals surface area (Å²) in [5.74, 6) is 3.60. The molecule has 0 saturated heterocycles. The maximum atomic E-state index is 12.5. The summed E-state index contributed by atoms with van der Waals surface area (Å²) in [5, 5.41) is 0. The highest BCUT2D eigenvalue weighted by Gasteiger charge is 2.20. The van der Waals surface area contributed by atoms with Crippen molar-refractivity contribution in [2.75, 3.05) is 13.2 Å². The van der Waals surface area contributed by atoms with E-state index < -0.39 is 0 Å². The van der Waals surface area contributed by atoms with E-state index in [4.69, 9.17) is 14.2 Å². The molecule has 4 heteroatoms. The first kappa shape index (κ1) is 30.1. The Balaban J connectivity index is 1.28. The van der Waals surface area contributed by atoms with Crippen LogP contribution < -0.4 is 14.2 Å². The van der Waals surface area contributed by atoms with Gasteiger partial charge in [-0.25, -0.2) is 4.79 Å². The molecular weight excluding hydrogens is 472 g/mol. The largest absolute Gasteiger partial charge is 0.494 e. The average Bonchev–Trinajstić information content (AvgIpc) is 2.95. The fourth-order valence-corrected chi connectivity index (χ4v) is 5.49. The molecule has 1 fully saturated rings. The lowest BCUT2D eigenvalue weighted by Gasteiger charge is -2.28. The highest BCUT2D eigenvalue weighted by molar-refractivity contribution is 5.91. The number of esters is 1. The maximum Gasteiger partial charge on any atom is 0.343 e. The fraction of sp³-hybridized carbons (Fsp3) is 0.618. The van der Waals surface area contributed by atoms with Gasteiger partial charge in [0.05, 0.1) is 18.8 Å². The van der Waals surface area contributed by atoms with Gasteiger partial charge in [0.1, 0.15) is 17.2 Å². The molecule has 0 radical (unpaired) electrons. The quantitative estimate of drug-likeness (QED) is 0.111. The normalized spacial score (nSPS) is 17.2. The van der Waals surface area contributed by atoms with Crippen LogP contribution in [0.1, 0.15) is 121 Å². The van der Waals surface area contributed by atoms with Crippen molar-refractivity contribution in [1.82, 2.24) is 0 Å². The Morgan fingerprint density at radius 3 is 1.71 bits per heavy atom. The number of hydrogen-bond donors (Lipinski definition) is 0. The lowest BCUT2D eigenvalue weighted by atomic mass is 9.78. The van der Waals surface area contributed by atoms with Gasteiger partial charge >= 0.3 is 5.97 Å². The molecular formula is C34H50O4. The maximum absolute atomic E-state index is 12.5. The van der Waals surface area contributed by atoms with Gasteiger partial charge in [-0.15, -0.1) is 0 Å². The number of hydrogen-bond acceptors (Lipinski definition) is 4. The number of unbranched alkanes of at least 4 members (excludes halogenated alkanes) is 6. The number of carbonyl (C=O) groups is 1. The summed E-state index contributed by atoms with van der Waals surface area (Å²) in [6.45, 7) is 5.99. The van der Waals surface area contributed by atoms with Crippen molar-refractivity contribution < 1.29 is 19.0 Å². The molecule has 0 spiro atoms. The Labute approximate surface area is 231 Å². The van der Waals surface area contributed by atoms with Gasteiger partial charge in [0.25, 0.3) is 0 Å². The lowest BCUT2D eigenvalue weighted by molar-refractivity contribution is 0.0734. The molecule has 38 heavy (non-hydrogen) atoms. The minimum atomic E-state index is -0.369. The standard InChI is InChI=1S/C34H50O4/c1-3-5-6-7-8-9-10-26-36-31-20-18-30(19-21-31)34(35)38-33-24-22-32(23-25-33)37-27-11-13-29-16-14-28(12-4-2)15-17-29/h18-25,28-29H,3-17,26-27H2,1-2H3/t28-,29-. The smallest absolute Gasteiger partial charge is 0.343 e. The molecule has 2 aromatic rings. The number of rotatable bonds is 18. The van der Waals surface area contributed by atoms with Crippen LogP contribution >= 0.6 is 0 Å². The predicted molar refractivity (Wildman–Crippen MR) is 156 cm³/mol. The van der Waals surface area contributed by atoms with Crippen LogP contribution in [0.2, 0.25) is 0 Å². The van der Waals surface area contributed by atoms with E-state index in [1.165, 1.54) is 83.5 Å². The van der Waals surface area contributed by atoms with E-state index >= 15 is 0 Å². The zero-order valence-electron chi connectivity index (χ0n) is 23.9. The molecule has 0 aliphatic heterocycles. The molecule has 0 amide bonds. The van der Waals surface area contributed by atoms with Gasteiger partial charge in [-0.1, -0.05) is 90.9 Å². The Morgan fingerprint density at radius 2 is 1.11 bits per heavy atom. The SMILES string of the molecule is CCCCCCCCCOc1ccc(C(=O)Oc2ccc(OCCC[C@H]3CC[C@H](CCC)CC3)cc2)cc1. The summed E-state index contributed by atoms with van der Waals surface area (Å²) < 4.78 is 17.3. The van der Waals surface area contributed by atoms with Gasteiger partial charge in [-0.05, 0) is 79.6 Å². The van der Waals surface area contributed by atoms with E-state index in [0.717, 1.165) is 42.8 Å². The van der Waals surface area contributed by atoms with Crippen molar-refractivity contribution in [3.8, 4) is 17.2 Å². The molecule has 4 nitrogen and oxygen atoms in total. The van der Waals surface area contributed by atoms with Crippen LogP contribution in [0.25, 0.3) is 0 Å². The van der Waals surface area contributed by atoms with E-state index in [9.17, 15) is 4.79 Å². The second-order valence-electron chi connectivity index (χ2n) is 11.0. The van der Waals surface area contributed by atoms with Crippen molar-refractivity contribution in [1.29, 1.82) is 0 Å². The van der Waals surface area contributed by atoms with Gasteiger partial charge in [-0.2, -0.15) is 0 Å². The second kappa shape index (κ2) is 17.9. The monoisotopic (exact) mass is 522 g/mol. The number of carbonyl (C=O) groups excluding carboxylic acids is 1. The Bertz CT molecular complexity index is 882. The van der Waals surface area contributed by atoms with Crippen LogP contribution in [0.4, 0.5) is 0 Å². The van der Waals surface area contributed by atoms with Crippen molar-refractivity contribution in [3.05, 3.63) is 54.1 Å². The predicted octanol–water partition coefficient (Wildman–Crippen LogP) is 9.80. The number of ether oxygens (including phenoxy) is 3. The molecule has 210 valence electrons. The van der Waals surface area contributed by atoms with Crippen LogP contribution in [-0.2, 0) is 0 Å². The Hall–Kier alpha value is -2.49. The van der Waals surface area contributed by atoms with Gasteiger partial charge < -0.3 is 14.2 Å². The molecule has 0 atom stereocenters. The fourth-order valence-electron chi connectivity index (χ4n) is 5.49. The van der Waals surface area contributed by atoms with E-state index in [0.29, 0.717) is 17.9 Å². The summed E-state index contributed by atoms with van der Waals surface area (Å²) in [6, 6.07) is 14.5. The first-order valence-electron chi connectivity index (χ1n) is 15.4. The molecule has 0 heterocycles. The molecule has 1 aliphatic carbocycles. The summed E-state index contributed by atoms with van der Waals surface area (Å²) in [7, 11) is 0. The molecule has 2 aromatic carbocycles. The van der Waals surface area contributed by atoms with Gasteiger partial charge in [-0.3, -0.25) is 0 Å². The van der Waals surface area contributed by atoms with Gasteiger partial charge in [0.2, 0.25) is 0 Å². The van der Waals surface area contributed by atoms with Crippen molar-refractivity contribution in [2.45, 2.75) is 110 Å². The zero-order valence-corrected chi connectivity index (χ0v) is 23.9. The molecule has 1 saturated carbocycles. The van der Waals surface area contributed by atoms with Crippen molar-refractivity contribution in [2.24, 2.45) is 11.8 Å². The molecule has 0 N–H and O–H groups in total. The lowest BCUT2D eigenvalue weighted by Crippen LogP contribution is -2.15. The first-order valence-corrected chi connectivity index (χ1v) is 15.4. The highest BCUT2D eigenvalue weighted by atomic mass is 16.5. The van der Waals surface area contributed by atoms with Crippen LogP contribution in [0.15, 0.2) is 48.5 Å². The zero-order chi connectivity index (χ0) is 26.8. The van der Waals surface area contributed by atoms with Gasteiger partial charge in [0, 0.05) is 0 Å². The molecule has 1 aliphatic rings. The minimum Gasteiger partial charge on any atom is -0.494 e. The molecule has 0 bridgehead atoms. The van der Waals surface area contributed by atoms with Gasteiger partial charge in [0.15, 0.2) is 0 Å². The summed E-state index contributed by atoms with van der Waals surface area (Å²) >= 11 is 0. The third-order valence-corrected chi connectivity index (χ3v) is 7.83. The molecule has 3 rings (SSSR count). The van der Waals surface area contributed by atoms with E-state index in [1.54, 1.807) is 24.3 Å². The first-order chi connectivity index (χ1) is 18.7. The van der Waals surface area contributed by atoms with E-state index in [-0.39, 0.29) is 5.97 Å². The molecule has 0 unspecified atom stereocenters. The summed E-state index contributed by atoms with van der Waals surface area (Å²) in [4.78, 5) is 12.5. The van der Waals surface area contributed by atoms with E-state index in [1.807, 2.05) is 24.3 Å². The third-order valence-electron chi connectivity index (χ3n) is 7.83. The van der Waals surface area contributed by atoms with Crippen molar-refractivity contribution >= 4 is 5.97 Å². The average molecular weight is 523 g/mol. The highest BCUT2D eigenvalue weighted by Crippen LogP contribution is 2.33. The van der Waals surface area contributed by atoms with Crippen molar-refractivity contribution in [3.63, 3.8) is 0 Å². The van der Waals surface area contributed by atoms with Crippen LogP contribution in [0.3, 0.4) is 0 Å². The Morgan fingerprint density at radius 1 is 0.605 bits per heavy atom.